The molecule has 1 saturated heterocycles. The van der Waals surface area contributed by atoms with Crippen LogP contribution in [0.4, 0.5) is 16.2 Å². The van der Waals surface area contributed by atoms with Gasteiger partial charge in [-0.05, 0) is 61.9 Å². The first-order valence-electron chi connectivity index (χ1n) is 8.08. The number of urea groups is 1. The van der Waals surface area contributed by atoms with E-state index < -0.39 is 5.54 Å². The van der Waals surface area contributed by atoms with E-state index in [1.54, 1.807) is 60.4 Å². The monoisotopic (exact) mass is 376 g/mol. The Hall–Kier alpha value is -2.04. The Bertz CT molecular complexity index is 805. The molecule has 3 amide bonds. The Morgan fingerprint density at radius 1 is 0.880 bits per heavy atom. The minimum Gasteiger partial charge on any atom is -0.279 e. The van der Waals surface area contributed by atoms with Crippen LogP contribution in [0.15, 0.2) is 48.5 Å². The summed E-state index contributed by atoms with van der Waals surface area (Å²) in [6.45, 7) is 3.80. The van der Waals surface area contributed by atoms with Crippen molar-refractivity contribution in [1.82, 2.24) is 0 Å². The van der Waals surface area contributed by atoms with Crippen molar-refractivity contribution in [3.63, 3.8) is 0 Å². The lowest BCUT2D eigenvalue weighted by atomic mass is 9.93. The van der Waals surface area contributed by atoms with E-state index in [1.165, 1.54) is 4.90 Å². The van der Waals surface area contributed by atoms with Crippen LogP contribution in [0.3, 0.4) is 0 Å². The number of benzene rings is 2. The summed E-state index contributed by atoms with van der Waals surface area (Å²) in [7, 11) is 0. The third-order valence-electron chi connectivity index (χ3n) is 4.45. The first-order valence-corrected chi connectivity index (χ1v) is 8.84. The number of carbonyl (C=O) groups is 2. The molecule has 0 radical (unpaired) electrons. The molecule has 1 fully saturated rings. The normalized spacial score (nSPS) is 20.5. The van der Waals surface area contributed by atoms with E-state index >= 15 is 0 Å². The molecular weight excluding hydrogens is 359 g/mol. The molecule has 1 aliphatic rings. The molecule has 2 aromatic carbocycles. The average Bonchev–Trinajstić information content (AvgIpc) is 2.77. The van der Waals surface area contributed by atoms with Crippen LogP contribution < -0.4 is 9.80 Å². The zero-order valence-electron chi connectivity index (χ0n) is 14.0. The molecule has 0 bridgehead atoms. The number of anilines is 2. The van der Waals surface area contributed by atoms with Crippen molar-refractivity contribution in [3.05, 3.63) is 58.6 Å². The van der Waals surface area contributed by atoms with Crippen LogP contribution in [0.5, 0.6) is 0 Å². The quantitative estimate of drug-likeness (QED) is 0.658. The maximum absolute atomic E-state index is 13.2. The van der Waals surface area contributed by atoms with Crippen molar-refractivity contribution in [2.75, 3.05) is 9.80 Å². The summed E-state index contributed by atoms with van der Waals surface area (Å²) in [6.07, 6.45) is 1.33. The Morgan fingerprint density at radius 3 is 1.84 bits per heavy atom. The van der Waals surface area contributed by atoms with Crippen molar-refractivity contribution in [2.24, 2.45) is 0 Å². The third kappa shape index (κ3) is 3.00. The lowest BCUT2D eigenvalue weighted by Crippen LogP contribution is -2.47. The summed E-state index contributed by atoms with van der Waals surface area (Å²) in [6, 6.07) is 13.3. The second-order valence-electron chi connectivity index (χ2n) is 6.24. The van der Waals surface area contributed by atoms with E-state index in [0.29, 0.717) is 27.8 Å². The van der Waals surface area contributed by atoms with Gasteiger partial charge in [-0.25, -0.2) is 9.69 Å². The number of rotatable bonds is 4. The molecule has 0 N–H and O–H groups in total. The molecule has 4 nitrogen and oxygen atoms in total. The lowest BCUT2D eigenvalue weighted by molar-refractivity contribution is -0.121. The fourth-order valence-corrected chi connectivity index (χ4v) is 3.50. The first-order chi connectivity index (χ1) is 11.9. The van der Waals surface area contributed by atoms with Crippen LogP contribution in [0, 0.1) is 0 Å². The summed E-state index contributed by atoms with van der Waals surface area (Å²) in [4.78, 5) is 29.1. The Balaban J connectivity index is 2.09. The van der Waals surface area contributed by atoms with Gasteiger partial charge < -0.3 is 0 Å². The first kappa shape index (κ1) is 17.8. The maximum atomic E-state index is 13.2. The summed E-state index contributed by atoms with van der Waals surface area (Å²) >= 11 is 11.9. The van der Waals surface area contributed by atoms with Gasteiger partial charge in [0.05, 0.1) is 5.69 Å². The van der Waals surface area contributed by atoms with Crippen molar-refractivity contribution in [2.45, 2.75) is 32.2 Å². The molecule has 3 rings (SSSR count). The van der Waals surface area contributed by atoms with Crippen LogP contribution in [-0.2, 0) is 4.79 Å². The number of hydrogen-bond donors (Lipinski definition) is 0. The summed E-state index contributed by atoms with van der Waals surface area (Å²) in [5, 5.41) is 1.13. The highest BCUT2D eigenvalue weighted by Crippen LogP contribution is 2.39. The number of halogens is 2. The van der Waals surface area contributed by atoms with Crippen molar-refractivity contribution < 1.29 is 9.59 Å². The van der Waals surface area contributed by atoms with Crippen molar-refractivity contribution in [1.29, 1.82) is 0 Å². The fraction of sp³-hybridized carbons (Fsp3) is 0.263. The summed E-state index contributed by atoms with van der Waals surface area (Å²) < 4.78 is 0. The third-order valence-corrected chi connectivity index (χ3v) is 4.95. The van der Waals surface area contributed by atoms with Gasteiger partial charge in [-0.15, -0.1) is 0 Å². The van der Waals surface area contributed by atoms with Crippen LogP contribution in [-0.4, -0.2) is 17.5 Å². The van der Waals surface area contributed by atoms with Gasteiger partial charge in [0.2, 0.25) is 0 Å². The van der Waals surface area contributed by atoms with Gasteiger partial charge in [0.15, 0.2) is 0 Å². The molecule has 1 aliphatic heterocycles. The molecule has 1 unspecified atom stereocenters. The van der Waals surface area contributed by atoms with Gasteiger partial charge in [-0.1, -0.05) is 36.5 Å². The minimum absolute atomic E-state index is 0.239. The highest BCUT2D eigenvalue weighted by atomic mass is 35.5. The number of carbonyl (C=O) groups excluding carboxylic acids is 2. The molecule has 6 heteroatoms. The molecule has 1 heterocycles. The Kier molecular flexibility index (Phi) is 4.76. The van der Waals surface area contributed by atoms with Crippen molar-refractivity contribution >= 4 is 46.5 Å². The van der Waals surface area contributed by atoms with E-state index in [-0.39, 0.29) is 11.9 Å². The summed E-state index contributed by atoms with van der Waals surface area (Å²) in [5.74, 6) is -0.239. The van der Waals surface area contributed by atoms with Crippen molar-refractivity contribution in [3.8, 4) is 0 Å². The van der Waals surface area contributed by atoms with Crippen LogP contribution in [0.2, 0.25) is 10.0 Å². The summed E-state index contributed by atoms with van der Waals surface area (Å²) in [5.41, 5.74) is 0.215. The average molecular weight is 377 g/mol. The van der Waals surface area contributed by atoms with Gasteiger partial charge in [-0.2, -0.15) is 0 Å². The van der Waals surface area contributed by atoms with Gasteiger partial charge >= 0.3 is 6.03 Å². The fourth-order valence-electron chi connectivity index (χ4n) is 3.24. The Labute approximate surface area is 156 Å². The smallest absolute Gasteiger partial charge is 0.279 e. The van der Waals surface area contributed by atoms with Crippen LogP contribution in [0.25, 0.3) is 0 Å². The van der Waals surface area contributed by atoms with Gasteiger partial charge in [-0.3, -0.25) is 9.69 Å². The van der Waals surface area contributed by atoms with E-state index in [1.807, 2.05) is 6.92 Å². The largest absolute Gasteiger partial charge is 0.336 e. The van der Waals surface area contributed by atoms with E-state index in [9.17, 15) is 9.59 Å². The second-order valence-corrected chi connectivity index (χ2v) is 7.11. The molecule has 1 atom stereocenters. The molecule has 130 valence electrons. The number of imide groups is 1. The molecule has 0 aromatic heterocycles. The second kappa shape index (κ2) is 6.70. The molecule has 2 aromatic rings. The topological polar surface area (TPSA) is 40.6 Å². The van der Waals surface area contributed by atoms with E-state index in [2.05, 4.69) is 0 Å². The lowest BCUT2D eigenvalue weighted by Gasteiger charge is -2.31. The SMILES string of the molecule is CCCC1(C)C(=O)N(c2ccc(Cl)cc2)C(=O)N1c1ccc(Cl)cc1. The zero-order chi connectivity index (χ0) is 18.2. The molecule has 0 aliphatic carbocycles. The van der Waals surface area contributed by atoms with Gasteiger partial charge in [0.1, 0.15) is 5.54 Å². The predicted molar refractivity (Wildman–Crippen MR) is 102 cm³/mol. The number of nitrogens with zero attached hydrogens (tertiary/aromatic N) is 2. The maximum Gasteiger partial charge on any atom is 0.336 e. The van der Waals surface area contributed by atoms with E-state index in [0.717, 1.165) is 6.42 Å². The molecule has 0 spiro atoms. The number of amides is 3. The highest BCUT2D eigenvalue weighted by molar-refractivity contribution is 6.32. The predicted octanol–water partition coefficient (Wildman–Crippen LogP) is 5.53. The Morgan fingerprint density at radius 2 is 1.36 bits per heavy atom. The van der Waals surface area contributed by atoms with Crippen LogP contribution in [0.1, 0.15) is 26.7 Å². The van der Waals surface area contributed by atoms with Gasteiger partial charge in [0.25, 0.3) is 5.91 Å². The number of hydrogen-bond acceptors (Lipinski definition) is 2. The molecule has 25 heavy (non-hydrogen) atoms. The van der Waals surface area contributed by atoms with Gasteiger partial charge in [0, 0.05) is 15.7 Å². The molecular formula is C19H18Cl2N2O2. The van der Waals surface area contributed by atoms with E-state index in [4.69, 9.17) is 23.2 Å². The minimum atomic E-state index is -0.945. The standard InChI is InChI=1S/C19H18Cl2N2O2/c1-3-12-19(2)17(24)22(15-8-4-13(20)5-9-15)18(25)23(19)16-10-6-14(21)7-11-16/h4-11H,3,12H2,1-2H3. The van der Waals surface area contributed by atoms with Crippen LogP contribution >= 0.6 is 23.2 Å². The molecule has 0 saturated carbocycles. The zero-order valence-corrected chi connectivity index (χ0v) is 15.5. The highest BCUT2D eigenvalue weighted by Gasteiger charge is 2.54.